The van der Waals surface area contributed by atoms with E-state index in [0.717, 1.165) is 37.5 Å². The van der Waals surface area contributed by atoms with Crippen molar-refractivity contribution in [3.8, 4) is 0 Å². The highest BCUT2D eigenvalue weighted by Gasteiger charge is 2.10. The van der Waals surface area contributed by atoms with Crippen LogP contribution < -0.4 is 10.6 Å². The van der Waals surface area contributed by atoms with Gasteiger partial charge in [-0.1, -0.05) is 30.3 Å². The Morgan fingerprint density at radius 3 is 2.52 bits per heavy atom. The molecule has 1 atom stereocenters. The monoisotopic (exact) mass is 341 g/mol. The van der Waals surface area contributed by atoms with E-state index in [1.807, 2.05) is 18.8 Å². The fraction of sp³-hybridized carbons (Fsp3) is 0.500. The summed E-state index contributed by atoms with van der Waals surface area (Å²) in [5, 5.41) is 11.4. The van der Waals surface area contributed by atoms with E-state index in [1.165, 1.54) is 16.8 Å². The van der Waals surface area contributed by atoms with Gasteiger partial charge >= 0.3 is 0 Å². The molecule has 0 aliphatic rings. The highest BCUT2D eigenvalue weighted by molar-refractivity contribution is 5.79. The summed E-state index contributed by atoms with van der Waals surface area (Å²) in [7, 11) is 3.81. The summed E-state index contributed by atoms with van der Waals surface area (Å²) in [6.45, 7) is 7.23. The molecule has 2 aromatic rings. The van der Waals surface area contributed by atoms with E-state index in [-0.39, 0.29) is 0 Å². The second-order valence-corrected chi connectivity index (χ2v) is 6.59. The third-order valence-corrected chi connectivity index (χ3v) is 4.64. The Morgan fingerprint density at radius 1 is 1.20 bits per heavy atom. The highest BCUT2D eigenvalue weighted by atomic mass is 15.3. The first-order valence-electron chi connectivity index (χ1n) is 9.01. The predicted molar refractivity (Wildman–Crippen MR) is 105 cm³/mol. The zero-order valence-electron chi connectivity index (χ0n) is 16.1. The Kier molecular flexibility index (Phi) is 7.04. The summed E-state index contributed by atoms with van der Waals surface area (Å²) in [6, 6.07) is 11.0. The molecule has 0 aliphatic carbocycles. The minimum Gasteiger partial charge on any atom is -0.356 e. The number of rotatable bonds is 7. The van der Waals surface area contributed by atoms with Gasteiger partial charge in [0.15, 0.2) is 5.96 Å². The molecule has 0 radical (unpaired) electrons. The first-order chi connectivity index (χ1) is 12.0. The first kappa shape index (κ1) is 19.0. The van der Waals surface area contributed by atoms with Crippen LogP contribution in [0.4, 0.5) is 0 Å². The van der Waals surface area contributed by atoms with E-state index >= 15 is 0 Å². The Bertz CT molecular complexity index is 688. The van der Waals surface area contributed by atoms with Gasteiger partial charge in [0.25, 0.3) is 0 Å². The summed E-state index contributed by atoms with van der Waals surface area (Å²) < 4.78 is 1.95. The zero-order valence-corrected chi connectivity index (χ0v) is 16.1. The molecule has 25 heavy (non-hydrogen) atoms. The summed E-state index contributed by atoms with van der Waals surface area (Å²) in [5.41, 5.74) is 5.05. The molecular weight excluding hydrogens is 310 g/mol. The van der Waals surface area contributed by atoms with E-state index in [2.05, 4.69) is 71.8 Å². The maximum atomic E-state index is 4.47. The van der Waals surface area contributed by atoms with Crippen LogP contribution in [0.2, 0.25) is 0 Å². The molecule has 1 aromatic carbocycles. The fourth-order valence-corrected chi connectivity index (χ4v) is 3.01. The number of aryl methyl sites for hydroxylation is 3. The van der Waals surface area contributed by atoms with Gasteiger partial charge in [-0.3, -0.25) is 9.67 Å². The molecule has 5 heteroatoms. The van der Waals surface area contributed by atoms with E-state index < -0.39 is 0 Å². The largest absolute Gasteiger partial charge is 0.356 e. The summed E-state index contributed by atoms with van der Waals surface area (Å²) in [6.07, 6.45) is 3.09. The third kappa shape index (κ3) is 5.62. The molecule has 2 N–H and O–H groups in total. The van der Waals surface area contributed by atoms with Crippen molar-refractivity contribution in [1.29, 1.82) is 0 Å². The Hall–Kier alpha value is -2.30. The van der Waals surface area contributed by atoms with Crippen LogP contribution in [0.15, 0.2) is 35.3 Å². The van der Waals surface area contributed by atoms with Crippen LogP contribution in [0.1, 0.15) is 35.9 Å². The van der Waals surface area contributed by atoms with E-state index in [1.54, 1.807) is 0 Å². The standard InChI is InChI=1S/C20H31N5/c1-15(11-12-18-9-7-6-8-10-18)23-20(21-4)22-14-13-19-16(2)24-25(5)17(19)3/h6-10,15H,11-14H2,1-5H3,(H2,21,22,23). The van der Waals surface area contributed by atoms with Gasteiger partial charge in [0.05, 0.1) is 5.69 Å². The van der Waals surface area contributed by atoms with E-state index in [9.17, 15) is 0 Å². The summed E-state index contributed by atoms with van der Waals surface area (Å²) in [5.74, 6) is 0.861. The van der Waals surface area contributed by atoms with Crippen molar-refractivity contribution in [2.45, 2.75) is 46.1 Å². The Balaban J connectivity index is 1.76. The van der Waals surface area contributed by atoms with Gasteiger partial charge in [0.1, 0.15) is 0 Å². The number of benzene rings is 1. The SMILES string of the molecule is CN=C(NCCc1c(C)nn(C)c1C)NC(C)CCc1ccccc1. The van der Waals surface area contributed by atoms with Gasteiger partial charge < -0.3 is 10.6 Å². The van der Waals surface area contributed by atoms with Crippen LogP contribution in [0.25, 0.3) is 0 Å². The summed E-state index contributed by atoms with van der Waals surface area (Å²) >= 11 is 0. The molecule has 0 spiro atoms. The molecule has 2 rings (SSSR count). The number of nitrogens with zero attached hydrogens (tertiary/aromatic N) is 3. The quantitative estimate of drug-likeness (QED) is 0.601. The lowest BCUT2D eigenvalue weighted by Crippen LogP contribution is -2.43. The zero-order chi connectivity index (χ0) is 18.2. The van der Waals surface area contributed by atoms with Crippen molar-refractivity contribution in [3.63, 3.8) is 0 Å². The minimum absolute atomic E-state index is 0.369. The van der Waals surface area contributed by atoms with Crippen molar-refractivity contribution in [1.82, 2.24) is 20.4 Å². The van der Waals surface area contributed by atoms with Gasteiger partial charge in [-0.05, 0) is 51.2 Å². The minimum atomic E-state index is 0.369. The van der Waals surface area contributed by atoms with Gasteiger partial charge in [0, 0.05) is 32.4 Å². The maximum absolute atomic E-state index is 4.47. The van der Waals surface area contributed by atoms with Crippen LogP contribution in [-0.2, 0) is 19.9 Å². The topological polar surface area (TPSA) is 54.2 Å². The van der Waals surface area contributed by atoms with Gasteiger partial charge in [0.2, 0.25) is 0 Å². The molecule has 1 aromatic heterocycles. The molecule has 0 saturated heterocycles. The number of hydrogen-bond donors (Lipinski definition) is 2. The van der Waals surface area contributed by atoms with Gasteiger partial charge in [-0.25, -0.2) is 0 Å². The smallest absolute Gasteiger partial charge is 0.191 e. The average molecular weight is 342 g/mol. The van der Waals surface area contributed by atoms with Crippen LogP contribution >= 0.6 is 0 Å². The van der Waals surface area contributed by atoms with Crippen molar-refractivity contribution < 1.29 is 0 Å². The average Bonchev–Trinajstić information content (AvgIpc) is 2.86. The fourth-order valence-electron chi connectivity index (χ4n) is 3.01. The first-order valence-corrected chi connectivity index (χ1v) is 9.01. The van der Waals surface area contributed by atoms with Crippen LogP contribution in [0.3, 0.4) is 0 Å². The number of hydrogen-bond acceptors (Lipinski definition) is 2. The van der Waals surface area contributed by atoms with Crippen LogP contribution in [0.5, 0.6) is 0 Å². The molecule has 0 bridgehead atoms. The van der Waals surface area contributed by atoms with Gasteiger partial charge in [-0.15, -0.1) is 0 Å². The van der Waals surface area contributed by atoms with E-state index in [0.29, 0.717) is 6.04 Å². The summed E-state index contributed by atoms with van der Waals surface area (Å²) in [4.78, 5) is 4.34. The van der Waals surface area contributed by atoms with Crippen molar-refractivity contribution in [3.05, 3.63) is 52.8 Å². The molecule has 0 amide bonds. The van der Waals surface area contributed by atoms with Crippen LogP contribution in [0, 0.1) is 13.8 Å². The van der Waals surface area contributed by atoms with Crippen molar-refractivity contribution in [2.75, 3.05) is 13.6 Å². The lowest BCUT2D eigenvalue weighted by molar-refractivity contribution is 0.593. The lowest BCUT2D eigenvalue weighted by atomic mass is 10.1. The molecule has 0 fully saturated rings. The number of nitrogens with one attached hydrogen (secondary N) is 2. The van der Waals surface area contributed by atoms with Gasteiger partial charge in [-0.2, -0.15) is 5.10 Å². The normalized spacial score (nSPS) is 12.9. The molecular formula is C20H31N5. The molecule has 0 aliphatic heterocycles. The highest BCUT2D eigenvalue weighted by Crippen LogP contribution is 2.11. The third-order valence-electron chi connectivity index (χ3n) is 4.64. The lowest BCUT2D eigenvalue weighted by Gasteiger charge is -2.18. The van der Waals surface area contributed by atoms with Crippen molar-refractivity contribution >= 4 is 5.96 Å². The number of aromatic nitrogens is 2. The molecule has 5 nitrogen and oxygen atoms in total. The molecule has 1 heterocycles. The number of aliphatic imine (C=N–C) groups is 1. The molecule has 1 unspecified atom stereocenters. The predicted octanol–water partition coefficient (Wildman–Crippen LogP) is 2.77. The number of guanidine groups is 1. The second-order valence-electron chi connectivity index (χ2n) is 6.59. The van der Waals surface area contributed by atoms with Crippen molar-refractivity contribution in [2.24, 2.45) is 12.0 Å². The van der Waals surface area contributed by atoms with E-state index in [4.69, 9.17) is 0 Å². The Labute approximate surface area is 151 Å². The Morgan fingerprint density at radius 2 is 1.92 bits per heavy atom. The molecule has 136 valence electrons. The maximum Gasteiger partial charge on any atom is 0.191 e. The molecule has 0 saturated carbocycles. The van der Waals surface area contributed by atoms with Crippen LogP contribution in [-0.4, -0.2) is 35.4 Å². The second kappa shape index (κ2) is 9.25.